The minimum absolute atomic E-state index is 0.106. The summed E-state index contributed by atoms with van der Waals surface area (Å²) >= 11 is 6.23. The second kappa shape index (κ2) is 14.3. The van der Waals surface area contributed by atoms with Crippen molar-refractivity contribution in [3.05, 3.63) is 52.5 Å². The Morgan fingerprint density at radius 1 is 1.07 bits per heavy atom. The zero-order valence-electron chi connectivity index (χ0n) is 23.2. The Kier molecular flexibility index (Phi) is 10.6. The average Bonchev–Trinajstić information content (AvgIpc) is 2.97. The number of carbonyl (C=O) groups excluding carboxylic acids is 1. The number of hydrogen-bond acceptors (Lipinski definition) is 6. The van der Waals surface area contributed by atoms with E-state index in [1.807, 2.05) is 18.2 Å². The number of halogens is 1. The Hall–Kier alpha value is -3.38. The van der Waals surface area contributed by atoms with Crippen molar-refractivity contribution in [3.8, 4) is 0 Å². The summed E-state index contributed by atoms with van der Waals surface area (Å²) < 4.78 is 0. The summed E-state index contributed by atoms with van der Waals surface area (Å²) in [4.78, 5) is 31.4. The van der Waals surface area contributed by atoms with Crippen LogP contribution in [0.25, 0.3) is 4.85 Å². The predicted octanol–water partition coefficient (Wildman–Crippen LogP) is 6.11. The fourth-order valence-corrected chi connectivity index (χ4v) is 6.05. The number of nitrogens with zero attached hydrogens (tertiary/aromatic N) is 5. The maximum Gasteiger partial charge on any atom is 0.303 e. The van der Waals surface area contributed by atoms with Crippen LogP contribution in [0.3, 0.4) is 0 Å². The molecule has 2 aromatic rings. The molecule has 2 aliphatic rings. The number of benzene rings is 1. The highest BCUT2D eigenvalue weighted by Crippen LogP contribution is 2.32. The molecule has 1 saturated carbocycles. The molecule has 1 aromatic carbocycles. The van der Waals surface area contributed by atoms with Gasteiger partial charge in [0.25, 0.3) is 5.91 Å². The lowest BCUT2D eigenvalue weighted by Crippen LogP contribution is -2.43. The molecule has 2 fully saturated rings. The summed E-state index contributed by atoms with van der Waals surface area (Å²) in [7, 11) is 2.05. The van der Waals surface area contributed by atoms with Crippen LogP contribution in [0, 0.1) is 12.5 Å². The number of anilines is 2. The molecule has 2 N–H and O–H groups in total. The summed E-state index contributed by atoms with van der Waals surface area (Å²) in [5.41, 5.74) is 1.80. The maximum atomic E-state index is 12.9. The number of aromatic nitrogens is 2. The first-order valence-corrected chi connectivity index (χ1v) is 14.7. The van der Waals surface area contributed by atoms with E-state index in [1.54, 1.807) is 12.1 Å². The molecule has 1 saturated heterocycles. The number of nitrogens with one attached hydrogen (secondary N) is 1. The number of carboxylic acid groups (broad SMARTS) is 1. The predicted molar refractivity (Wildman–Crippen MR) is 157 cm³/mol. The Bertz CT molecular complexity index is 1180. The quantitative estimate of drug-likeness (QED) is 0.250. The van der Waals surface area contributed by atoms with E-state index in [2.05, 4.69) is 37.2 Å². The third-order valence-corrected chi connectivity index (χ3v) is 8.67. The Morgan fingerprint density at radius 3 is 2.45 bits per heavy atom. The summed E-state index contributed by atoms with van der Waals surface area (Å²) in [6.07, 6.45) is 10.1. The van der Waals surface area contributed by atoms with Gasteiger partial charge in [0.1, 0.15) is 0 Å². The highest BCUT2D eigenvalue weighted by Gasteiger charge is 2.26. The van der Waals surface area contributed by atoms with Crippen LogP contribution in [0.15, 0.2) is 30.3 Å². The number of piperidine rings is 1. The molecule has 4 rings (SSSR count). The van der Waals surface area contributed by atoms with E-state index in [4.69, 9.17) is 23.3 Å². The van der Waals surface area contributed by atoms with Gasteiger partial charge in [-0.25, -0.2) is 4.85 Å². The lowest BCUT2D eigenvalue weighted by Gasteiger charge is -2.36. The van der Waals surface area contributed by atoms with Gasteiger partial charge in [0.05, 0.1) is 6.57 Å². The van der Waals surface area contributed by atoms with Crippen molar-refractivity contribution in [2.24, 2.45) is 5.92 Å². The van der Waals surface area contributed by atoms with Crippen LogP contribution in [0.1, 0.15) is 81.1 Å². The molecular formula is C30H39ClN6O3. The van der Waals surface area contributed by atoms with Crippen LogP contribution in [-0.2, 0) is 4.79 Å². The number of aliphatic carboxylic acids is 1. The summed E-state index contributed by atoms with van der Waals surface area (Å²) in [5, 5.41) is 20.9. The Morgan fingerprint density at radius 2 is 1.82 bits per heavy atom. The fourth-order valence-electron chi connectivity index (χ4n) is 5.84. The molecule has 9 nitrogen and oxygen atoms in total. The van der Waals surface area contributed by atoms with Gasteiger partial charge in [-0.1, -0.05) is 36.9 Å². The number of rotatable bonds is 11. The van der Waals surface area contributed by atoms with E-state index in [1.165, 1.54) is 0 Å². The van der Waals surface area contributed by atoms with Gasteiger partial charge in [-0.2, -0.15) is 0 Å². The zero-order chi connectivity index (χ0) is 28.5. The van der Waals surface area contributed by atoms with Crippen molar-refractivity contribution in [3.63, 3.8) is 0 Å². The van der Waals surface area contributed by atoms with E-state index in [0.29, 0.717) is 28.4 Å². The van der Waals surface area contributed by atoms with Crippen molar-refractivity contribution in [2.75, 3.05) is 29.9 Å². The molecule has 214 valence electrons. The lowest BCUT2D eigenvalue weighted by atomic mass is 9.90. The zero-order valence-corrected chi connectivity index (χ0v) is 23.9. The van der Waals surface area contributed by atoms with E-state index in [-0.39, 0.29) is 18.4 Å². The van der Waals surface area contributed by atoms with Crippen LogP contribution in [0.5, 0.6) is 0 Å². The largest absolute Gasteiger partial charge is 0.481 e. The van der Waals surface area contributed by atoms with Gasteiger partial charge in [-0.15, -0.1) is 10.2 Å². The fraction of sp³-hybridized carbons (Fsp3) is 0.567. The molecule has 10 heteroatoms. The molecule has 1 aliphatic heterocycles. The van der Waals surface area contributed by atoms with Crippen LogP contribution in [0.2, 0.25) is 5.02 Å². The number of carbonyl (C=O) groups is 2. The first-order valence-electron chi connectivity index (χ1n) is 14.3. The van der Waals surface area contributed by atoms with Gasteiger partial charge in [0.2, 0.25) is 5.69 Å². The standard InChI is InChI=1S/C30H39ClN6O3/c1-32-26-13-12-24(20-25(26)31)36(2)23-10-8-22(9-11-23)33-30(40)27-14-15-28(35-34-27)37-18-16-21(17-19-37)6-4-3-5-7-29(38)39/h12-15,20-23H,3-11,16-19H2,2H3,(H,33,40)(H,38,39). The summed E-state index contributed by atoms with van der Waals surface area (Å²) in [6.45, 7) is 9.02. The Labute approximate surface area is 241 Å². The van der Waals surface area contributed by atoms with Crippen molar-refractivity contribution in [1.29, 1.82) is 0 Å². The second-order valence-corrected chi connectivity index (χ2v) is 11.4. The van der Waals surface area contributed by atoms with Crippen molar-refractivity contribution in [2.45, 2.75) is 82.7 Å². The number of carboxylic acids is 1. The number of unbranched alkanes of at least 4 members (excludes halogenated alkanes) is 2. The first-order chi connectivity index (χ1) is 19.3. The highest BCUT2D eigenvalue weighted by molar-refractivity contribution is 6.33. The topological polar surface area (TPSA) is 103 Å². The van der Waals surface area contributed by atoms with Gasteiger partial charge in [-0.05, 0) is 75.1 Å². The van der Waals surface area contributed by atoms with Gasteiger partial charge in [0, 0.05) is 49.4 Å². The van der Waals surface area contributed by atoms with Gasteiger partial charge in [0.15, 0.2) is 11.5 Å². The molecule has 1 amide bonds. The molecule has 0 spiro atoms. The van der Waals surface area contributed by atoms with E-state index < -0.39 is 5.97 Å². The molecule has 0 unspecified atom stereocenters. The normalized spacial score (nSPS) is 19.6. The van der Waals surface area contributed by atoms with E-state index in [0.717, 1.165) is 88.8 Å². The SMILES string of the molecule is [C-]#[N+]c1ccc(N(C)C2CCC(NC(=O)c3ccc(N4CCC(CCCCCC(=O)O)CC4)nn3)CC2)cc1Cl. The molecule has 1 aliphatic carbocycles. The highest BCUT2D eigenvalue weighted by atomic mass is 35.5. The van der Waals surface area contributed by atoms with Gasteiger partial charge in [-0.3, -0.25) is 9.59 Å². The molecule has 1 aromatic heterocycles. The average molecular weight is 567 g/mol. The van der Waals surface area contributed by atoms with Crippen LogP contribution >= 0.6 is 11.6 Å². The molecule has 0 atom stereocenters. The number of amides is 1. The second-order valence-electron chi connectivity index (χ2n) is 11.0. The van der Waals surface area contributed by atoms with Crippen LogP contribution < -0.4 is 15.1 Å². The number of hydrogen-bond donors (Lipinski definition) is 2. The van der Waals surface area contributed by atoms with E-state index in [9.17, 15) is 9.59 Å². The molecule has 0 radical (unpaired) electrons. The summed E-state index contributed by atoms with van der Waals surface area (Å²) in [6, 6.07) is 9.66. The smallest absolute Gasteiger partial charge is 0.303 e. The van der Waals surface area contributed by atoms with Gasteiger partial charge < -0.3 is 20.2 Å². The molecular weight excluding hydrogens is 528 g/mol. The molecule has 40 heavy (non-hydrogen) atoms. The molecule has 0 bridgehead atoms. The van der Waals surface area contributed by atoms with Crippen molar-refractivity contribution < 1.29 is 14.7 Å². The van der Waals surface area contributed by atoms with Crippen molar-refractivity contribution in [1.82, 2.24) is 15.5 Å². The molecule has 2 heterocycles. The minimum Gasteiger partial charge on any atom is -0.481 e. The van der Waals surface area contributed by atoms with Crippen LogP contribution in [0.4, 0.5) is 17.2 Å². The Balaban J connectivity index is 1.18. The maximum absolute atomic E-state index is 12.9. The first kappa shape index (κ1) is 29.6. The van der Waals surface area contributed by atoms with Gasteiger partial charge >= 0.3 is 5.97 Å². The minimum atomic E-state index is -0.711. The van der Waals surface area contributed by atoms with E-state index >= 15 is 0 Å². The third kappa shape index (κ3) is 8.07. The van der Waals surface area contributed by atoms with Crippen LogP contribution in [-0.4, -0.2) is 59.4 Å². The monoisotopic (exact) mass is 566 g/mol. The summed E-state index contributed by atoms with van der Waals surface area (Å²) in [5.74, 6) is 0.595. The van der Waals surface area contributed by atoms with Crippen molar-refractivity contribution >= 4 is 40.7 Å². The lowest BCUT2D eigenvalue weighted by molar-refractivity contribution is -0.137. The third-order valence-electron chi connectivity index (χ3n) is 8.36.